The largest absolute Gasteiger partial charge is 0.465 e. The molecule has 7 nitrogen and oxygen atoms in total. The number of unbranched alkanes of at least 4 members (excludes halogenated alkanes) is 3. The van der Waals surface area contributed by atoms with Crippen LogP contribution in [0.25, 0.3) is 0 Å². The van der Waals surface area contributed by atoms with Gasteiger partial charge in [-0.15, -0.1) is 24.9 Å². The molecule has 40 heavy (non-hydrogen) atoms. The zero-order valence-corrected chi connectivity index (χ0v) is 26.1. The average Bonchev–Trinajstić information content (AvgIpc) is 3.51. The summed E-state index contributed by atoms with van der Waals surface area (Å²) in [6, 6.07) is 4.72. The van der Waals surface area contributed by atoms with Crippen molar-refractivity contribution in [2.24, 2.45) is 11.8 Å². The normalized spacial score (nSPS) is 28.4. The molecule has 0 aromatic heterocycles. The lowest BCUT2D eigenvalue weighted by molar-refractivity contribution is -0.154. The van der Waals surface area contributed by atoms with Gasteiger partial charge in [0, 0.05) is 29.8 Å². The molecule has 3 aliphatic rings. The monoisotopic (exact) mass is 652 g/mol. The Bertz CT molecular complexity index is 1130. The molecule has 10 heteroatoms. The van der Waals surface area contributed by atoms with Crippen molar-refractivity contribution in [2.45, 2.75) is 66.3 Å². The van der Waals surface area contributed by atoms with E-state index >= 15 is 0 Å². The zero-order chi connectivity index (χ0) is 29.0. The smallest absolute Gasteiger partial charge is 0.310 e. The highest BCUT2D eigenvalue weighted by Crippen LogP contribution is 2.68. The van der Waals surface area contributed by atoms with Crippen LogP contribution in [0.1, 0.15) is 44.1 Å². The van der Waals surface area contributed by atoms with Crippen LogP contribution in [0.4, 0.5) is 5.69 Å². The van der Waals surface area contributed by atoms with E-state index in [-0.39, 0.29) is 47.6 Å². The van der Waals surface area contributed by atoms with E-state index in [2.05, 4.69) is 29.1 Å². The van der Waals surface area contributed by atoms with E-state index in [0.29, 0.717) is 42.9 Å². The molecule has 1 aromatic rings. The SMILES string of the molecule is C=CCCCOC(=O)[C@H]1[C@@H]2SC3(CC2Br)C(C(=O)N(CC=C)c2c(C)cccc2Cl)N(CCCCCO)C(=O)[C@H]13. The van der Waals surface area contributed by atoms with Crippen LogP contribution in [-0.2, 0) is 19.1 Å². The Labute approximate surface area is 254 Å². The van der Waals surface area contributed by atoms with Crippen molar-refractivity contribution in [1.82, 2.24) is 4.90 Å². The maximum atomic E-state index is 14.7. The van der Waals surface area contributed by atoms with E-state index < -0.39 is 22.6 Å². The minimum Gasteiger partial charge on any atom is -0.465 e. The maximum Gasteiger partial charge on any atom is 0.310 e. The molecule has 3 heterocycles. The maximum absolute atomic E-state index is 14.7. The number of fused-ring (bicyclic) bond motifs is 1. The van der Waals surface area contributed by atoms with E-state index in [0.717, 1.165) is 18.4 Å². The number of carbonyl (C=O) groups excluding carboxylic acids is 3. The highest BCUT2D eigenvalue weighted by atomic mass is 79.9. The van der Waals surface area contributed by atoms with E-state index in [1.165, 1.54) is 0 Å². The van der Waals surface area contributed by atoms with Crippen molar-refractivity contribution in [1.29, 1.82) is 0 Å². The Morgan fingerprint density at radius 2 is 2.05 bits per heavy atom. The highest BCUT2D eigenvalue weighted by Gasteiger charge is 2.76. The molecular formula is C30H38BrClN2O5S. The molecule has 3 unspecified atom stereocenters. The summed E-state index contributed by atoms with van der Waals surface area (Å²) in [5.74, 6) is -2.04. The molecule has 0 aliphatic carbocycles. The second kappa shape index (κ2) is 13.4. The third-order valence-electron chi connectivity index (χ3n) is 8.19. The summed E-state index contributed by atoms with van der Waals surface area (Å²) in [6.07, 6.45) is 7.44. The second-order valence-corrected chi connectivity index (χ2v) is 13.8. The first-order valence-corrected chi connectivity index (χ1v) is 16.1. The Balaban J connectivity index is 1.73. The number of amides is 2. The van der Waals surface area contributed by atoms with Crippen LogP contribution in [0, 0.1) is 18.8 Å². The summed E-state index contributed by atoms with van der Waals surface area (Å²) in [5.41, 5.74) is 1.45. The van der Waals surface area contributed by atoms with Crippen LogP contribution in [0.5, 0.6) is 0 Å². The minimum atomic E-state index is -0.775. The molecular weight excluding hydrogens is 616 g/mol. The predicted octanol–water partition coefficient (Wildman–Crippen LogP) is 5.30. The molecule has 6 atom stereocenters. The van der Waals surface area contributed by atoms with E-state index in [4.69, 9.17) is 16.3 Å². The molecule has 1 spiro atoms. The van der Waals surface area contributed by atoms with Crippen LogP contribution in [0.3, 0.4) is 0 Å². The fourth-order valence-electron chi connectivity index (χ4n) is 6.52. The molecule has 3 fully saturated rings. The number of para-hydroxylation sites is 1. The number of ether oxygens (including phenoxy) is 1. The summed E-state index contributed by atoms with van der Waals surface area (Å²) in [4.78, 5) is 45.6. The van der Waals surface area contributed by atoms with Gasteiger partial charge < -0.3 is 19.6 Å². The average molecular weight is 654 g/mol. The fraction of sp³-hybridized carbons (Fsp3) is 0.567. The first-order valence-electron chi connectivity index (χ1n) is 13.9. The predicted molar refractivity (Wildman–Crippen MR) is 164 cm³/mol. The number of aliphatic hydroxyl groups excluding tert-OH is 1. The van der Waals surface area contributed by atoms with Gasteiger partial charge in [-0.2, -0.15) is 0 Å². The van der Waals surface area contributed by atoms with Gasteiger partial charge in [0.2, 0.25) is 5.91 Å². The van der Waals surface area contributed by atoms with Gasteiger partial charge in [-0.3, -0.25) is 14.4 Å². The number of aliphatic hydroxyl groups is 1. The van der Waals surface area contributed by atoms with Gasteiger partial charge in [-0.05, 0) is 57.1 Å². The first-order chi connectivity index (χ1) is 19.2. The molecule has 0 radical (unpaired) electrons. The fourth-order valence-corrected chi connectivity index (χ4v) is 10.4. The lowest BCUT2D eigenvalue weighted by atomic mass is 9.71. The molecule has 218 valence electrons. The molecule has 2 bridgehead atoms. The van der Waals surface area contributed by atoms with Gasteiger partial charge in [-0.1, -0.05) is 51.8 Å². The van der Waals surface area contributed by atoms with Gasteiger partial charge in [0.1, 0.15) is 6.04 Å². The number of esters is 1. The van der Waals surface area contributed by atoms with Crippen molar-refractivity contribution < 1.29 is 24.2 Å². The van der Waals surface area contributed by atoms with Crippen LogP contribution in [0.2, 0.25) is 5.02 Å². The van der Waals surface area contributed by atoms with Gasteiger partial charge >= 0.3 is 5.97 Å². The third kappa shape index (κ3) is 5.63. The van der Waals surface area contributed by atoms with Crippen molar-refractivity contribution in [3.8, 4) is 0 Å². The lowest BCUT2D eigenvalue weighted by Crippen LogP contribution is -2.55. The molecule has 3 aliphatic heterocycles. The van der Waals surface area contributed by atoms with Crippen LogP contribution >= 0.6 is 39.3 Å². The van der Waals surface area contributed by atoms with E-state index in [9.17, 15) is 19.5 Å². The third-order valence-corrected chi connectivity index (χ3v) is 11.7. The van der Waals surface area contributed by atoms with Gasteiger partial charge in [-0.25, -0.2) is 0 Å². The van der Waals surface area contributed by atoms with Gasteiger partial charge in [0.25, 0.3) is 5.91 Å². The van der Waals surface area contributed by atoms with Gasteiger partial charge in [0.05, 0.1) is 33.9 Å². The van der Waals surface area contributed by atoms with Gasteiger partial charge in [0.15, 0.2) is 0 Å². The number of halogens is 2. The van der Waals surface area contributed by atoms with E-state index in [1.54, 1.807) is 39.8 Å². The highest BCUT2D eigenvalue weighted by molar-refractivity contribution is 9.09. The number of nitrogens with zero attached hydrogens (tertiary/aromatic N) is 2. The summed E-state index contributed by atoms with van der Waals surface area (Å²) in [6.45, 7) is 10.4. The Morgan fingerprint density at radius 1 is 1.27 bits per heavy atom. The molecule has 1 N–H and O–H groups in total. The Kier molecular flexibility index (Phi) is 10.5. The molecule has 1 aromatic carbocycles. The van der Waals surface area contributed by atoms with Crippen LogP contribution in [0.15, 0.2) is 43.5 Å². The number of carbonyl (C=O) groups is 3. The number of anilines is 1. The number of aryl methyl sites for hydroxylation is 1. The zero-order valence-electron chi connectivity index (χ0n) is 22.9. The molecule has 2 amide bonds. The van der Waals surface area contributed by atoms with Crippen molar-refractivity contribution in [3.63, 3.8) is 0 Å². The number of rotatable bonds is 14. The molecule has 3 saturated heterocycles. The summed E-state index contributed by atoms with van der Waals surface area (Å²) in [5, 5.41) is 9.56. The summed E-state index contributed by atoms with van der Waals surface area (Å²) < 4.78 is 4.89. The number of likely N-dealkylation sites (tertiary alicyclic amines) is 1. The van der Waals surface area contributed by atoms with E-state index in [1.807, 2.05) is 19.1 Å². The topological polar surface area (TPSA) is 87.2 Å². The summed E-state index contributed by atoms with van der Waals surface area (Å²) >= 11 is 12.0. The van der Waals surface area contributed by atoms with Crippen LogP contribution in [-0.4, -0.2) is 75.0 Å². The quantitative estimate of drug-likeness (QED) is 0.127. The second-order valence-electron chi connectivity index (χ2n) is 10.7. The summed E-state index contributed by atoms with van der Waals surface area (Å²) in [7, 11) is 0. The first kappa shape index (κ1) is 31.1. The standard InChI is InChI=1S/C30H38BrClN2O5S/c1-4-6-10-17-39-29(38)22-23-27(36)34(15-8-7-9-16-35)26(30(23)18-20(31)25(22)40-30)28(37)33(14-5-2)24-19(3)12-11-13-21(24)32/h4-5,11-13,20,22-23,25-26,35H,1-2,6-10,14-18H2,3H3/t20?,22-,23+,25-,26?,30?/m1/s1. The number of hydrogen-bond donors (Lipinski definition) is 1. The number of hydrogen-bond acceptors (Lipinski definition) is 6. The minimum absolute atomic E-state index is 0.0354. The van der Waals surface area contributed by atoms with Crippen molar-refractivity contribution in [2.75, 3.05) is 31.2 Å². The molecule has 0 saturated carbocycles. The Hall–Kier alpha value is -1.81. The van der Waals surface area contributed by atoms with Crippen molar-refractivity contribution >= 4 is 62.8 Å². The number of allylic oxidation sites excluding steroid dienone is 1. The number of benzene rings is 1. The molecule has 4 rings (SSSR count). The van der Waals surface area contributed by atoms with Crippen LogP contribution < -0.4 is 4.90 Å². The van der Waals surface area contributed by atoms with Crippen molar-refractivity contribution in [3.05, 3.63) is 54.1 Å². The lowest BCUT2D eigenvalue weighted by Gasteiger charge is -2.38. The number of thioether (sulfide) groups is 1. The Morgan fingerprint density at radius 3 is 2.73 bits per heavy atom. The number of alkyl halides is 1.